The fraction of sp³-hybridized carbons (Fsp3) is 0.400. The van der Waals surface area contributed by atoms with Crippen LogP contribution in [0.2, 0.25) is 10.4 Å². The Kier molecular flexibility index (Phi) is 3.41. The number of anilines is 2. The summed E-state index contributed by atoms with van der Waals surface area (Å²) in [4.78, 5) is 20.4. The predicted octanol–water partition coefficient (Wildman–Crippen LogP) is 1.86. The minimum Gasteiger partial charge on any atom is -0.361 e. The van der Waals surface area contributed by atoms with Crippen LogP contribution in [-0.2, 0) is 0 Å². The summed E-state index contributed by atoms with van der Waals surface area (Å²) in [6.07, 6.45) is 0. The van der Waals surface area contributed by atoms with Gasteiger partial charge in [-0.3, -0.25) is 0 Å². The van der Waals surface area contributed by atoms with Crippen LogP contribution in [0.25, 0.3) is 11.2 Å². The molecule has 2 aromatic rings. The molecule has 6 nitrogen and oxygen atoms in total. The van der Waals surface area contributed by atoms with Crippen LogP contribution in [0.3, 0.4) is 0 Å². The third kappa shape index (κ3) is 2.26. The Hall–Kier alpha value is -1.40. The van der Waals surface area contributed by atoms with Gasteiger partial charge in [0.25, 0.3) is 0 Å². The molecule has 0 fully saturated rings. The molecule has 0 aliphatic heterocycles. The molecule has 0 aromatic carbocycles. The number of rotatable bonds is 2. The topological polar surface area (TPSA) is 58.0 Å². The van der Waals surface area contributed by atoms with Gasteiger partial charge < -0.3 is 9.80 Å². The van der Waals surface area contributed by atoms with Crippen LogP contribution in [0.4, 0.5) is 11.6 Å². The highest BCUT2D eigenvalue weighted by atomic mass is 35.5. The van der Waals surface area contributed by atoms with E-state index in [-0.39, 0.29) is 5.28 Å². The zero-order chi connectivity index (χ0) is 13.4. The molecular weight excluding hydrogens is 275 g/mol. The second-order valence-corrected chi connectivity index (χ2v) is 4.81. The van der Waals surface area contributed by atoms with Crippen LogP contribution >= 0.6 is 23.2 Å². The van der Waals surface area contributed by atoms with Crippen molar-refractivity contribution in [3.63, 3.8) is 0 Å². The highest BCUT2D eigenvalue weighted by Crippen LogP contribution is 2.27. The maximum atomic E-state index is 6.09. The summed E-state index contributed by atoms with van der Waals surface area (Å²) < 4.78 is 0. The fourth-order valence-corrected chi connectivity index (χ4v) is 1.93. The maximum absolute atomic E-state index is 6.09. The van der Waals surface area contributed by atoms with E-state index in [1.54, 1.807) is 9.80 Å². The highest BCUT2D eigenvalue weighted by molar-refractivity contribution is 6.32. The molecule has 0 amide bonds. The van der Waals surface area contributed by atoms with Gasteiger partial charge in [0.05, 0.1) is 0 Å². The molecule has 0 radical (unpaired) electrons. The first-order valence-corrected chi connectivity index (χ1v) is 5.91. The largest absolute Gasteiger partial charge is 0.361 e. The molecule has 2 heterocycles. The lowest BCUT2D eigenvalue weighted by Crippen LogP contribution is -2.15. The van der Waals surface area contributed by atoms with E-state index in [4.69, 9.17) is 23.2 Å². The van der Waals surface area contributed by atoms with Gasteiger partial charge >= 0.3 is 0 Å². The van der Waals surface area contributed by atoms with Gasteiger partial charge in [0.15, 0.2) is 28.0 Å². The first-order chi connectivity index (χ1) is 8.40. The predicted molar refractivity (Wildman–Crippen MR) is 73.8 cm³/mol. The third-order valence-electron chi connectivity index (χ3n) is 2.27. The average Bonchev–Trinajstić information content (AvgIpc) is 2.27. The second kappa shape index (κ2) is 4.70. The quantitative estimate of drug-likeness (QED) is 0.786. The number of halogens is 2. The summed E-state index contributed by atoms with van der Waals surface area (Å²) in [6, 6.07) is 0. The van der Waals surface area contributed by atoms with E-state index in [2.05, 4.69) is 19.9 Å². The molecule has 0 bridgehead atoms. The van der Waals surface area contributed by atoms with Crippen LogP contribution in [0.5, 0.6) is 0 Å². The second-order valence-electron chi connectivity index (χ2n) is 4.12. The summed E-state index contributed by atoms with van der Waals surface area (Å²) in [7, 11) is 7.34. The Morgan fingerprint density at radius 1 is 0.778 bits per heavy atom. The van der Waals surface area contributed by atoms with E-state index in [1.807, 2.05) is 28.2 Å². The first-order valence-electron chi connectivity index (χ1n) is 5.15. The Balaban J connectivity index is 2.79. The average molecular weight is 287 g/mol. The molecule has 0 unspecified atom stereocenters. The van der Waals surface area contributed by atoms with Gasteiger partial charge in [0.2, 0.25) is 5.28 Å². The van der Waals surface area contributed by atoms with Crippen LogP contribution < -0.4 is 9.80 Å². The van der Waals surface area contributed by atoms with Crippen molar-refractivity contribution in [1.82, 2.24) is 19.9 Å². The van der Waals surface area contributed by atoms with E-state index < -0.39 is 0 Å². The lowest BCUT2D eigenvalue weighted by Gasteiger charge is -2.16. The van der Waals surface area contributed by atoms with Crippen molar-refractivity contribution >= 4 is 46.0 Å². The van der Waals surface area contributed by atoms with Crippen molar-refractivity contribution < 1.29 is 0 Å². The standard InChI is InChI=1S/C10H12Cl2N6/c1-17(2)8-5-7(15-10(12)16-8)14-9(18(3)4)6(11)13-5/h1-4H3. The van der Waals surface area contributed by atoms with Gasteiger partial charge in [-0.25, -0.2) is 9.97 Å². The Morgan fingerprint density at radius 2 is 1.39 bits per heavy atom. The van der Waals surface area contributed by atoms with Crippen molar-refractivity contribution in [3.05, 3.63) is 10.4 Å². The summed E-state index contributed by atoms with van der Waals surface area (Å²) in [5, 5.41) is 0.439. The molecule has 0 atom stereocenters. The molecule has 0 N–H and O–H groups in total. The van der Waals surface area contributed by atoms with Gasteiger partial charge in [-0.05, 0) is 11.6 Å². The summed E-state index contributed by atoms with van der Waals surface area (Å²) in [5.74, 6) is 1.13. The number of nitrogens with zero attached hydrogens (tertiary/aromatic N) is 6. The zero-order valence-corrected chi connectivity index (χ0v) is 12.0. The van der Waals surface area contributed by atoms with E-state index in [0.717, 1.165) is 0 Å². The summed E-state index contributed by atoms with van der Waals surface area (Å²) in [6.45, 7) is 0. The van der Waals surface area contributed by atoms with E-state index in [1.165, 1.54) is 0 Å². The molecule has 0 spiro atoms. The van der Waals surface area contributed by atoms with Crippen LogP contribution in [0.15, 0.2) is 0 Å². The van der Waals surface area contributed by atoms with Crippen molar-refractivity contribution in [2.75, 3.05) is 38.0 Å². The van der Waals surface area contributed by atoms with Gasteiger partial charge in [-0.1, -0.05) is 11.6 Å². The van der Waals surface area contributed by atoms with E-state index in [9.17, 15) is 0 Å². The highest BCUT2D eigenvalue weighted by Gasteiger charge is 2.15. The van der Waals surface area contributed by atoms with Crippen molar-refractivity contribution in [2.24, 2.45) is 0 Å². The van der Waals surface area contributed by atoms with Gasteiger partial charge in [-0.2, -0.15) is 9.97 Å². The molecule has 8 heteroatoms. The molecule has 0 saturated carbocycles. The fourth-order valence-electron chi connectivity index (χ4n) is 1.47. The normalized spacial score (nSPS) is 10.8. The van der Waals surface area contributed by atoms with Crippen molar-refractivity contribution in [1.29, 1.82) is 0 Å². The molecular formula is C10H12Cl2N6. The Bertz CT molecular complexity index is 598. The molecule has 0 aliphatic rings. The number of fused-ring (bicyclic) bond motifs is 1. The smallest absolute Gasteiger partial charge is 0.226 e. The Labute approximate surface area is 115 Å². The van der Waals surface area contributed by atoms with Crippen molar-refractivity contribution in [3.8, 4) is 0 Å². The van der Waals surface area contributed by atoms with Crippen LogP contribution in [0, 0.1) is 0 Å². The van der Waals surface area contributed by atoms with Crippen LogP contribution in [-0.4, -0.2) is 48.1 Å². The lowest BCUT2D eigenvalue weighted by atomic mass is 10.4. The molecule has 0 aliphatic carbocycles. The molecule has 18 heavy (non-hydrogen) atoms. The van der Waals surface area contributed by atoms with E-state index >= 15 is 0 Å². The number of hydrogen-bond donors (Lipinski definition) is 0. The minimum absolute atomic E-state index is 0.132. The Morgan fingerprint density at radius 3 is 1.94 bits per heavy atom. The van der Waals surface area contributed by atoms with Gasteiger partial charge in [0, 0.05) is 28.2 Å². The number of hydrogen-bond acceptors (Lipinski definition) is 6. The van der Waals surface area contributed by atoms with E-state index in [0.29, 0.717) is 28.0 Å². The maximum Gasteiger partial charge on any atom is 0.226 e. The van der Waals surface area contributed by atoms with Crippen molar-refractivity contribution in [2.45, 2.75) is 0 Å². The number of aromatic nitrogens is 4. The summed E-state index contributed by atoms with van der Waals surface area (Å²) >= 11 is 12.0. The summed E-state index contributed by atoms with van der Waals surface area (Å²) in [5.41, 5.74) is 0.951. The monoisotopic (exact) mass is 286 g/mol. The van der Waals surface area contributed by atoms with Gasteiger partial charge in [0.1, 0.15) is 0 Å². The SMILES string of the molecule is CN(C)c1nc2nc(Cl)nc(N(C)C)c2nc1Cl. The molecule has 0 saturated heterocycles. The van der Waals surface area contributed by atoms with Gasteiger partial charge in [-0.15, -0.1) is 0 Å². The molecule has 2 rings (SSSR count). The first kappa shape index (κ1) is 13.0. The third-order valence-corrected chi connectivity index (χ3v) is 2.70. The minimum atomic E-state index is 0.132. The van der Waals surface area contributed by atoms with Crippen LogP contribution in [0.1, 0.15) is 0 Å². The molecule has 2 aromatic heterocycles. The molecule has 96 valence electrons. The zero-order valence-electron chi connectivity index (χ0n) is 10.4. The lowest BCUT2D eigenvalue weighted by molar-refractivity contribution is 1.02.